The van der Waals surface area contributed by atoms with Gasteiger partial charge in [-0.1, -0.05) is 24.3 Å². The van der Waals surface area contributed by atoms with E-state index in [0.717, 1.165) is 43.7 Å². The number of fused-ring (bicyclic) bond motifs is 1. The molecule has 0 atom stereocenters. The van der Waals surface area contributed by atoms with E-state index in [1.165, 1.54) is 22.0 Å². The number of H-pyrrole nitrogens is 1. The predicted molar refractivity (Wildman–Crippen MR) is 105 cm³/mol. The van der Waals surface area contributed by atoms with E-state index in [1.54, 1.807) is 17.9 Å². The molecule has 0 saturated carbocycles. The van der Waals surface area contributed by atoms with Crippen LogP contribution in [0, 0.1) is 6.92 Å². The second kappa shape index (κ2) is 6.92. The van der Waals surface area contributed by atoms with Gasteiger partial charge in [0, 0.05) is 60.6 Å². The molecule has 1 aromatic carbocycles. The molecule has 0 amide bonds. The minimum Gasteiger partial charge on any atom is -0.361 e. The standard InChI is InChI=1S/C21H24N4O/c1-15-17(21(26)24(2)14-23-15)9-12-25-10-7-16(8-11-25)19-13-22-20-6-4-3-5-18(19)20/h3-7,13-14,22H,8-12H2,1-2H3. The van der Waals surface area contributed by atoms with Crippen molar-refractivity contribution in [2.75, 3.05) is 19.6 Å². The highest BCUT2D eigenvalue weighted by molar-refractivity contribution is 5.92. The molecule has 0 bridgehead atoms. The monoisotopic (exact) mass is 348 g/mol. The summed E-state index contributed by atoms with van der Waals surface area (Å²) in [6, 6.07) is 8.44. The first-order valence-electron chi connectivity index (χ1n) is 9.12. The lowest BCUT2D eigenvalue weighted by atomic mass is 9.98. The number of rotatable bonds is 4. The molecule has 0 unspecified atom stereocenters. The van der Waals surface area contributed by atoms with Gasteiger partial charge in [0.25, 0.3) is 5.56 Å². The molecule has 0 saturated heterocycles. The fourth-order valence-corrected chi connectivity index (χ4v) is 3.73. The van der Waals surface area contributed by atoms with Crippen molar-refractivity contribution in [2.45, 2.75) is 19.8 Å². The number of nitrogens with zero attached hydrogens (tertiary/aromatic N) is 3. The first-order chi connectivity index (χ1) is 12.6. The quantitative estimate of drug-likeness (QED) is 0.789. The molecule has 5 heteroatoms. The number of aromatic nitrogens is 3. The topological polar surface area (TPSA) is 53.9 Å². The fraction of sp³-hybridized carbons (Fsp3) is 0.333. The molecule has 0 spiro atoms. The van der Waals surface area contributed by atoms with Gasteiger partial charge in [0.05, 0.1) is 6.33 Å². The molecule has 26 heavy (non-hydrogen) atoms. The molecule has 4 rings (SSSR count). The second-order valence-electron chi connectivity index (χ2n) is 7.00. The molecule has 1 aliphatic rings. The van der Waals surface area contributed by atoms with Crippen LogP contribution in [0.2, 0.25) is 0 Å². The van der Waals surface area contributed by atoms with Crippen LogP contribution in [0.1, 0.15) is 23.2 Å². The number of nitrogens with one attached hydrogen (secondary N) is 1. The summed E-state index contributed by atoms with van der Waals surface area (Å²) in [5.74, 6) is 0. The molecule has 3 aromatic rings. The van der Waals surface area contributed by atoms with Crippen LogP contribution in [0.15, 0.2) is 47.7 Å². The fourth-order valence-electron chi connectivity index (χ4n) is 3.73. The summed E-state index contributed by atoms with van der Waals surface area (Å²) in [6.07, 6.45) is 7.83. The summed E-state index contributed by atoms with van der Waals surface area (Å²) in [5, 5.41) is 1.29. The van der Waals surface area contributed by atoms with Crippen molar-refractivity contribution in [3.63, 3.8) is 0 Å². The van der Waals surface area contributed by atoms with Gasteiger partial charge >= 0.3 is 0 Å². The maximum atomic E-state index is 12.3. The molecule has 0 fully saturated rings. The van der Waals surface area contributed by atoms with Gasteiger partial charge in [-0.15, -0.1) is 0 Å². The average Bonchev–Trinajstić information content (AvgIpc) is 3.09. The normalized spacial score (nSPS) is 15.4. The molecule has 0 radical (unpaired) electrons. The minimum absolute atomic E-state index is 0.0736. The second-order valence-corrected chi connectivity index (χ2v) is 7.00. The van der Waals surface area contributed by atoms with E-state index in [-0.39, 0.29) is 5.56 Å². The van der Waals surface area contributed by atoms with Gasteiger partial charge < -0.3 is 9.55 Å². The van der Waals surface area contributed by atoms with Gasteiger partial charge in [0.2, 0.25) is 0 Å². The van der Waals surface area contributed by atoms with Crippen LogP contribution >= 0.6 is 0 Å². The Morgan fingerprint density at radius 2 is 2.12 bits per heavy atom. The maximum absolute atomic E-state index is 12.3. The van der Waals surface area contributed by atoms with E-state index in [9.17, 15) is 4.79 Å². The van der Waals surface area contributed by atoms with Gasteiger partial charge in [-0.05, 0) is 31.4 Å². The molecule has 1 N–H and O–H groups in total. The summed E-state index contributed by atoms with van der Waals surface area (Å²) in [4.78, 5) is 22.4. The van der Waals surface area contributed by atoms with E-state index >= 15 is 0 Å². The average molecular weight is 348 g/mol. The Balaban J connectivity index is 1.45. The highest BCUT2D eigenvalue weighted by Crippen LogP contribution is 2.29. The maximum Gasteiger partial charge on any atom is 0.256 e. The SMILES string of the molecule is Cc1ncn(C)c(=O)c1CCN1CC=C(c2c[nH]c3ccccc23)CC1. The van der Waals surface area contributed by atoms with Crippen LogP contribution in [0.4, 0.5) is 0 Å². The Labute approximate surface area is 153 Å². The van der Waals surface area contributed by atoms with E-state index < -0.39 is 0 Å². The van der Waals surface area contributed by atoms with E-state index in [4.69, 9.17) is 0 Å². The van der Waals surface area contributed by atoms with Crippen LogP contribution < -0.4 is 5.56 Å². The smallest absolute Gasteiger partial charge is 0.256 e. The van der Waals surface area contributed by atoms with Crippen molar-refractivity contribution in [3.8, 4) is 0 Å². The zero-order valence-corrected chi connectivity index (χ0v) is 15.3. The summed E-state index contributed by atoms with van der Waals surface area (Å²) in [5.41, 5.74) is 5.67. The highest BCUT2D eigenvalue weighted by Gasteiger charge is 2.16. The van der Waals surface area contributed by atoms with E-state index in [1.807, 2.05) is 6.92 Å². The predicted octanol–water partition coefficient (Wildman–Crippen LogP) is 2.90. The molecular formula is C21H24N4O. The van der Waals surface area contributed by atoms with Crippen molar-refractivity contribution in [1.82, 2.24) is 19.4 Å². The van der Waals surface area contributed by atoms with Crippen molar-refractivity contribution in [1.29, 1.82) is 0 Å². The molecular weight excluding hydrogens is 324 g/mol. The summed E-state index contributed by atoms with van der Waals surface area (Å²) in [7, 11) is 1.76. The van der Waals surface area contributed by atoms with Gasteiger partial charge in [0.1, 0.15) is 0 Å². The van der Waals surface area contributed by atoms with Gasteiger partial charge in [-0.3, -0.25) is 9.69 Å². The van der Waals surface area contributed by atoms with Crippen LogP contribution in [0.25, 0.3) is 16.5 Å². The summed E-state index contributed by atoms with van der Waals surface area (Å²) < 4.78 is 1.56. The lowest BCUT2D eigenvalue weighted by Crippen LogP contribution is -2.33. The molecule has 2 aromatic heterocycles. The van der Waals surface area contributed by atoms with Crippen molar-refractivity contribution in [2.24, 2.45) is 7.05 Å². The van der Waals surface area contributed by atoms with Crippen molar-refractivity contribution in [3.05, 3.63) is 70.0 Å². The van der Waals surface area contributed by atoms with Crippen molar-refractivity contribution < 1.29 is 0 Å². The number of para-hydroxylation sites is 1. The number of aryl methyl sites for hydroxylation is 2. The number of hydrogen-bond acceptors (Lipinski definition) is 3. The van der Waals surface area contributed by atoms with E-state index in [0.29, 0.717) is 0 Å². The lowest BCUT2D eigenvalue weighted by Gasteiger charge is -2.26. The molecule has 1 aliphatic heterocycles. The number of aromatic amines is 1. The van der Waals surface area contributed by atoms with Crippen LogP contribution in [0.5, 0.6) is 0 Å². The zero-order chi connectivity index (χ0) is 18.1. The largest absolute Gasteiger partial charge is 0.361 e. The lowest BCUT2D eigenvalue weighted by molar-refractivity contribution is 0.305. The van der Waals surface area contributed by atoms with Gasteiger partial charge in [-0.2, -0.15) is 0 Å². The minimum atomic E-state index is 0.0736. The third kappa shape index (κ3) is 3.10. The van der Waals surface area contributed by atoms with Crippen LogP contribution in [0.3, 0.4) is 0 Å². The molecule has 3 heterocycles. The Hall–Kier alpha value is -2.66. The van der Waals surface area contributed by atoms with Crippen LogP contribution in [-0.2, 0) is 13.5 Å². The van der Waals surface area contributed by atoms with Crippen LogP contribution in [-0.4, -0.2) is 39.1 Å². The Morgan fingerprint density at radius 1 is 1.27 bits per heavy atom. The summed E-state index contributed by atoms with van der Waals surface area (Å²) in [6.45, 7) is 4.75. The Morgan fingerprint density at radius 3 is 2.92 bits per heavy atom. The third-order valence-corrected chi connectivity index (χ3v) is 5.35. The third-order valence-electron chi connectivity index (χ3n) is 5.35. The molecule has 134 valence electrons. The highest BCUT2D eigenvalue weighted by atomic mass is 16.1. The zero-order valence-electron chi connectivity index (χ0n) is 15.3. The first kappa shape index (κ1) is 16.8. The van der Waals surface area contributed by atoms with Gasteiger partial charge in [-0.25, -0.2) is 4.98 Å². The molecule has 5 nitrogen and oxygen atoms in total. The summed E-state index contributed by atoms with van der Waals surface area (Å²) >= 11 is 0. The number of hydrogen-bond donors (Lipinski definition) is 1. The van der Waals surface area contributed by atoms with Crippen molar-refractivity contribution >= 4 is 16.5 Å². The van der Waals surface area contributed by atoms with E-state index in [2.05, 4.69) is 51.4 Å². The molecule has 0 aliphatic carbocycles. The number of benzene rings is 1. The van der Waals surface area contributed by atoms with Gasteiger partial charge in [0.15, 0.2) is 0 Å². The Kier molecular flexibility index (Phi) is 4.47. The Bertz CT molecular complexity index is 1030. The first-order valence-corrected chi connectivity index (χ1v) is 9.12.